The molecule has 6 heteroatoms. The maximum absolute atomic E-state index is 12.7. The molecule has 108 valence electrons. The van der Waals surface area contributed by atoms with E-state index in [9.17, 15) is 12.8 Å². The van der Waals surface area contributed by atoms with Crippen molar-refractivity contribution in [1.29, 1.82) is 0 Å². The Bertz CT molecular complexity index is 473. The molecular weight excluding hydrogens is 269 g/mol. The van der Waals surface area contributed by atoms with Crippen molar-refractivity contribution in [3.05, 3.63) is 30.1 Å². The molecule has 0 amide bonds. The van der Waals surface area contributed by atoms with E-state index in [2.05, 4.69) is 0 Å². The van der Waals surface area contributed by atoms with Gasteiger partial charge in [-0.15, -0.1) is 0 Å². The van der Waals surface area contributed by atoms with Gasteiger partial charge in [-0.1, -0.05) is 13.3 Å². The summed E-state index contributed by atoms with van der Waals surface area (Å²) >= 11 is 0. The lowest BCUT2D eigenvalue weighted by Crippen LogP contribution is -2.32. The van der Waals surface area contributed by atoms with Crippen molar-refractivity contribution in [3.63, 3.8) is 0 Å². The fourth-order valence-electron chi connectivity index (χ4n) is 1.47. The summed E-state index contributed by atoms with van der Waals surface area (Å²) in [5, 5.41) is 0. The minimum Gasteiger partial charge on any atom is -0.492 e. The van der Waals surface area contributed by atoms with Gasteiger partial charge in [0.05, 0.1) is 5.75 Å². The summed E-state index contributed by atoms with van der Waals surface area (Å²) in [6.07, 6.45) is 1.79. The van der Waals surface area contributed by atoms with Crippen LogP contribution in [-0.2, 0) is 10.0 Å². The molecule has 1 aromatic rings. The van der Waals surface area contributed by atoms with Gasteiger partial charge in [0, 0.05) is 13.6 Å². The fourth-order valence-corrected chi connectivity index (χ4v) is 2.48. The van der Waals surface area contributed by atoms with E-state index >= 15 is 0 Å². The molecule has 0 radical (unpaired) electrons. The van der Waals surface area contributed by atoms with Crippen molar-refractivity contribution in [1.82, 2.24) is 4.31 Å². The fraction of sp³-hybridized carbons (Fsp3) is 0.538. The SMILES string of the molecule is CCCCN(C)S(=O)(=O)CCOc1ccc(F)cc1. The van der Waals surface area contributed by atoms with Crippen LogP contribution in [0.3, 0.4) is 0 Å². The van der Waals surface area contributed by atoms with Crippen molar-refractivity contribution in [2.24, 2.45) is 0 Å². The number of benzene rings is 1. The zero-order chi connectivity index (χ0) is 14.3. The Morgan fingerprint density at radius 2 is 1.89 bits per heavy atom. The molecule has 19 heavy (non-hydrogen) atoms. The number of halogens is 1. The number of nitrogens with zero attached hydrogens (tertiary/aromatic N) is 1. The summed E-state index contributed by atoms with van der Waals surface area (Å²) in [7, 11) is -1.70. The van der Waals surface area contributed by atoms with Gasteiger partial charge in [-0.05, 0) is 30.7 Å². The summed E-state index contributed by atoms with van der Waals surface area (Å²) in [4.78, 5) is 0. The zero-order valence-electron chi connectivity index (χ0n) is 11.3. The van der Waals surface area contributed by atoms with Gasteiger partial charge in [0.15, 0.2) is 0 Å². The summed E-state index contributed by atoms with van der Waals surface area (Å²) in [6.45, 7) is 2.60. The first-order chi connectivity index (χ1) is 8.95. The molecule has 0 aliphatic carbocycles. The second kappa shape index (κ2) is 7.45. The van der Waals surface area contributed by atoms with E-state index in [1.165, 1.54) is 28.6 Å². The Labute approximate surface area is 114 Å². The number of hydrogen-bond acceptors (Lipinski definition) is 3. The predicted octanol–water partition coefficient (Wildman–Crippen LogP) is 2.27. The molecule has 0 aromatic heterocycles. The Kier molecular flexibility index (Phi) is 6.24. The number of sulfonamides is 1. The third kappa shape index (κ3) is 5.57. The lowest BCUT2D eigenvalue weighted by Gasteiger charge is -2.16. The van der Waals surface area contributed by atoms with Gasteiger partial charge < -0.3 is 4.74 Å². The normalized spacial score (nSPS) is 11.8. The standard InChI is InChI=1S/C13H20FNO3S/c1-3-4-9-15(2)19(16,17)11-10-18-13-7-5-12(14)6-8-13/h5-8H,3-4,9-11H2,1-2H3. The third-order valence-electron chi connectivity index (χ3n) is 2.73. The minimum atomic E-state index is -3.28. The summed E-state index contributed by atoms with van der Waals surface area (Å²) in [6, 6.07) is 5.50. The predicted molar refractivity (Wildman–Crippen MR) is 73.2 cm³/mol. The van der Waals surface area contributed by atoms with Crippen LogP contribution in [0.5, 0.6) is 5.75 Å². The van der Waals surface area contributed by atoms with Gasteiger partial charge in [0.25, 0.3) is 0 Å². The van der Waals surface area contributed by atoms with Crippen LogP contribution in [0, 0.1) is 5.82 Å². The Morgan fingerprint density at radius 1 is 1.26 bits per heavy atom. The number of unbranched alkanes of at least 4 members (excludes halogenated alkanes) is 1. The summed E-state index contributed by atoms with van der Waals surface area (Å²) in [5.41, 5.74) is 0. The van der Waals surface area contributed by atoms with Crippen LogP contribution in [0.1, 0.15) is 19.8 Å². The van der Waals surface area contributed by atoms with Gasteiger partial charge in [-0.3, -0.25) is 0 Å². The molecule has 0 unspecified atom stereocenters. The Balaban J connectivity index is 2.41. The number of rotatable bonds is 8. The largest absolute Gasteiger partial charge is 0.492 e. The molecule has 0 saturated heterocycles. The monoisotopic (exact) mass is 289 g/mol. The van der Waals surface area contributed by atoms with E-state index in [4.69, 9.17) is 4.74 Å². The molecule has 0 heterocycles. The number of ether oxygens (including phenoxy) is 1. The summed E-state index contributed by atoms with van der Waals surface area (Å²) < 4.78 is 43.0. The van der Waals surface area contributed by atoms with E-state index in [1.54, 1.807) is 7.05 Å². The first kappa shape index (κ1) is 15.9. The van der Waals surface area contributed by atoms with Crippen LogP contribution in [0.4, 0.5) is 4.39 Å². The van der Waals surface area contributed by atoms with Gasteiger partial charge in [0.2, 0.25) is 10.0 Å². The highest BCUT2D eigenvalue weighted by molar-refractivity contribution is 7.89. The number of hydrogen-bond donors (Lipinski definition) is 0. The Morgan fingerprint density at radius 3 is 2.47 bits per heavy atom. The van der Waals surface area contributed by atoms with Crippen molar-refractivity contribution < 1.29 is 17.5 Å². The van der Waals surface area contributed by atoms with Gasteiger partial charge in [0.1, 0.15) is 18.2 Å². The average molecular weight is 289 g/mol. The molecule has 0 spiro atoms. The highest BCUT2D eigenvalue weighted by Crippen LogP contribution is 2.11. The van der Waals surface area contributed by atoms with Crippen LogP contribution in [0.2, 0.25) is 0 Å². The molecule has 0 atom stereocenters. The van der Waals surface area contributed by atoms with Crippen LogP contribution < -0.4 is 4.74 Å². The topological polar surface area (TPSA) is 46.6 Å². The van der Waals surface area contributed by atoms with Crippen molar-refractivity contribution >= 4 is 10.0 Å². The van der Waals surface area contributed by atoms with E-state index in [0.29, 0.717) is 12.3 Å². The van der Waals surface area contributed by atoms with Crippen molar-refractivity contribution in [2.75, 3.05) is 26.0 Å². The molecule has 1 aromatic carbocycles. The maximum atomic E-state index is 12.7. The van der Waals surface area contributed by atoms with Gasteiger partial charge in [-0.2, -0.15) is 0 Å². The third-order valence-corrected chi connectivity index (χ3v) is 4.54. The first-order valence-electron chi connectivity index (χ1n) is 6.28. The molecule has 0 N–H and O–H groups in total. The lowest BCUT2D eigenvalue weighted by atomic mass is 10.3. The van der Waals surface area contributed by atoms with Crippen molar-refractivity contribution in [2.45, 2.75) is 19.8 Å². The molecule has 0 aliphatic rings. The Hall–Kier alpha value is -1.14. The maximum Gasteiger partial charge on any atom is 0.217 e. The van der Waals surface area contributed by atoms with Crippen LogP contribution in [0.25, 0.3) is 0 Å². The van der Waals surface area contributed by atoms with Crippen LogP contribution >= 0.6 is 0 Å². The molecule has 4 nitrogen and oxygen atoms in total. The highest BCUT2D eigenvalue weighted by Gasteiger charge is 2.17. The summed E-state index contributed by atoms with van der Waals surface area (Å²) in [5.74, 6) is 0.0389. The van der Waals surface area contributed by atoms with Crippen LogP contribution in [0.15, 0.2) is 24.3 Å². The first-order valence-corrected chi connectivity index (χ1v) is 7.89. The molecule has 0 aliphatic heterocycles. The smallest absolute Gasteiger partial charge is 0.217 e. The molecule has 1 rings (SSSR count). The highest BCUT2D eigenvalue weighted by atomic mass is 32.2. The van der Waals surface area contributed by atoms with Gasteiger partial charge >= 0.3 is 0 Å². The molecule has 0 fully saturated rings. The van der Waals surface area contributed by atoms with E-state index in [1.807, 2.05) is 6.92 Å². The lowest BCUT2D eigenvalue weighted by molar-refractivity contribution is 0.336. The average Bonchev–Trinajstić information content (AvgIpc) is 2.38. The van der Waals surface area contributed by atoms with Crippen LogP contribution in [-0.4, -0.2) is 38.7 Å². The van der Waals surface area contributed by atoms with Crippen molar-refractivity contribution in [3.8, 4) is 5.75 Å². The molecule has 0 saturated carbocycles. The molecule has 0 bridgehead atoms. The zero-order valence-corrected chi connectivity index (χ0v) is 12.1. The molecular formula is C13H20FNO3S. The van der Waals surface area contributed by atoms with E-state index < -0.39 is 10.0 Å². The second-order valence-corrected chi connectivity index (χ2v) is 6.49. The van der Waals surface area contributed by atoms with E-state index in [-0.39, 0.29) is 18.2 Å². The minimum absolute atomic E-state index is 0.0600. The van der Waals surface area contributed by atoms with Gasteiger partial charge in [-0.25, -0.2) is 17.1 Å². The second-order valence-electron chi connectivity index (χ2n) is 4.29. The van der Waals surface area contributed by atoms with E-state index in [0.717, 1.165) is 12.8 Å². The quantitative estimate of drug-likeness (QED) is 0.737.